The van der Waals surface area contributed by atoms with E-state index in [1.165, 1.54) is 6.07 Å². The van der Waals surface area contributed by atoms with E-state index in [0.717, 1.165) is 12.1 Å². The zero-order valence-electron chi connectivity index (χ0n) is 11.6. The quantitative estimate of drug-likeness (QED) is 0.818. The van der Waals surface area contributed by atoms with E-state index in [1.807, 2.05) is 0 Å². The van der Waals surface area contributed by atoms with Gasteiger partial charge in [-0.05, 0) is 25.3 Å². The number of nitrogens with zero attached hydrogens (tertiary/aromatic N) is 1. The van der Waals surface area contributed by atoms with Crippen LogP contribution in [0.15, 0.2) is 16.9 Å². The summed E-state index contributed by atoms with van der Waals surface area (Å²) in [5.74, 6) is 0.266. The first-order valence-corrected chi connectivity index (χ1v) is 8.73. The van der Waals surface area contributed by atoms with Crippen molar-refractivity contribution in [3.05, 3.63) is 33.7 Å². The molecule has 1 aromatic heterocycles. The zero-order valence-corrected chi connectivity index (χ0v) is 12.4. The molecule has 0 bridgehead atoms. The highest BCUT2D eigenvalue weighted by atomic mass is 32.2. The Morgan fingerprint density at radius 1 is 1.20 bits per heavy atom. The average molecular weight is 297 g/mol. The molecule has 5 nitrogen and oxygen atoms in total. The second-order valence-corrected chi connectivity index (χ2v) is 7.52. The van der Waals surface area contributed by atoms with Gasteiger partial charge in [0, 0.05) is 36.0 Å². The van der Waals surface area contributed by atoms with E-state index in [9.17, 15) is 18.0 Å². The standard InChI is InChI=1S/C14H19NO4S/c1-2-20(18,19)10-4-9-15-12-5-3-6-13(16)11(12)7-8-14(15)17/h7-8H,2-6,9-10H2,1H3. The average Bonchev–Trinajstić information content (AvgIpc) is 2.41. The van der Waals surface area contributed by atoms with E-state index in [2.05, 4.69) is 0 Å². The summed E-state index contributed by atoms with van der Waals surface area (Å²) >= 11 is 0. The fraction of sp³-hybridized carbons (Fsp3) is 0.571. The van der Waals surface area contributed by atoms with Gasteiger partial charge in [-0.2, -0.15) is 0 Å². The smallest absolute Gasteiger partial charge is 0.250 e. The Bertz CT molecular complexity index is 673. The second-order valence-electron chi connectivity index (χ2n) is 5.05. The van der Waals surface area contributed by atoms with Gasteiger partial charge >= 0.3 is 0 Å². The van der Waals surface area contributed by atoms with Crippen molar-refractivity contribution in [1.82, 2.24) is 4.57 Å². The predicted molar refractivity (Wildman–Crippen MR) is 76.9 cm³/mol. The molecule has 0 aliphatic heterocycles. The first-order chi connectivity index (χ1) is 9.44. The number of Topliss-reactive ketones (excluding diaryl/α,β-unsaturated/α-hetero) is 1. The fourth-order valence-electron chi connectivity index (χ4n) is 2.53. The maximum Gasteiger partial charge on any atom is 0.250 e. The number of aromatic nitrogens is 1. The van der Waals surface area contributed by atoms with Gasteiger partial charge in [0.25, 0.3) is 5.56 Å². The highest BCUT2D eigenvalue weighted by Crippen LogP contribution is 2.19. The summed E-state index contributed by atoms with van der Waals surface area (Å²) < 4.78 is 24.5. The number of carbonyl (C=O) groups excluding carboxylic acids is 1. The molecule has 0 saturated heterocycles. The first-order valence-electron chi connectivity index (χ1n) is 6.91. The van der Waals surface area contributed by atoms with Crippen molar-refractivity contribution in [2.75, 3.05) is 11.5 Å². The highest BCUT2D eigenvalue weighted by Gasteiger charge is 2.20. The van der Waals surface area contributed by atoms with Crippen molar-refractivity contribution in [3.8, 4) is 0 Å². The maximum absolute atomic E-state index is 11.9. The van der Waals surface area contributed by atoms with Crippen LogP contribution in [0.4, 0.5) is 0 Å². The van der Waals surface area contributed by atoms with Gasteiger partial charge in [-0.1, -0.05) is 6.92 Å². The van der Waals surface area contributed by atoms with Crippen LogP contribution in [0, 0.1) is 0 Å². The van der Waals surface area contributed by atoms with Crippen molar-refractivity contribution in [3.63, 3.8) is 0 Å². The Kier molecular flexibility index (Phi) is 4.42. The number of carbonyl (C=O) groups is 1. The molecule has 6 heteroatoms. The molecular formula is C14H19NO4S. The summed E-state index contributed by atoms with van der Waals surface area (Å²) in [7, 11) is -3.02. The molecular weight excluding hydrogens is 278 g/mol. The van der Waals surface area contributed by atoms with E-state index in [-0.39, 0.29) is 22.8 Å². The minimum atomic E-state index is -3.02. The molecule has 0 atom stereocenters. The Hall–Kier alpha value is -1.43. The van der Waals surface area contributed by atoms with Crippen molar-refractivity contribution < 1.29 is 13.2 Å². The van der Waals surface area contributed by atoms with Crippen LogP contribution in [0.25, 0.3) is 0 Å². The number of ketones is 1. The summed E-state index contributed by atoms with van der Waals surface area (Å²) in [6.07, 6.45) is 2.39. The molecule has 110 valence electrons. The minimum Gasteiger partial charge on any atom is -0.312 e. The molecule has 0 amide bonds. The van der Waals surface area contributed by atoms with Crippen molar-refractivity contribution in [1.29, 1.82) is 0 Å². The molecule has 0 N–H and O–H groups in total. The summed E-state index contributed by atoms with van der Waals surface area (Å²) in [6, 6.07) is 2.99. The molecule has 0 fully saturated rings. The molecule has 0 saturated carbocycles. The third kappa shape index (κ3) is 3.17. The lowest BCUT2D eigenvalue weighted by atomic mass is 9.94. The fourth-order valence-corrected chi connectivity index (χ4v) is 3.38. The van der Waals surface area contributed by atoms with Crippen molar-refractivity contribution >= 4 is 15.6 Å². The third-order valence-electron chi connectivity index (χ3n) is 3.69. The zero-order chi connectivity index (χ0) is 14.8. The lowest BCUT2D eigenvalue weighted by Gasteiger charge is -2.19. The van der Waals surface area contributed by atoms with Crippen LogP contribution in [-0.2, 0) is 22.8 Å². The number of hydrogen-bond acceptors (Lipinski definition) is 4. The number of fused-ring (bicyclic) bond motifs is 1. The van der Waals surface area contributed by atoms with E-state index >= 15 is 0 Å². The summed E-state index contributed by atoms with van der Waals surface area (Å²) in [5.41, 5.74) is 1.23. The van der Waals surface area contributed by atoms with Gasteiger partial charge in [-0.3, -0.25) is 9.59 Å². The van der Waals surface area contributed by atoms with Gasteiger partial charge in [0.2, 0.25) is 0 Å². The molecule has 0 aromatic carbocycles. The number of sulfone groups is 1. The van der Waals surface area contributed by atoms with Crippen molar-refractivity contribution in [2.24, 2.45) is 0 Å². The highest BCUT2D eigenvalue weighted by molar-refractivity contribution is 7.91. The van der Waals surface area contributed by atoms with Gasteiger partial charge in [-0.25, -0.2) is 8.42 Å². The lowest BCUT2D eigenvalue weighted by Crippen LogP contribution is -2.28. The molecule has 0 radical (unpaired) electrons. The van der Waals surface area contributed by atoms with E-state index in [1.54, 1.807) is 17.6 Å². The second kappa shape index (κ2) is 5.91. The summed E-state index contributed by atoms with van der Waals surface area (Å²) in [5, 5.41) is 0. The Morgan fingerprint density at radius 3 is 2.65 bits per heavy atom. The van der Waals surface area contributed by atoms with Crippen LogP contribution in [0.1, 0.15) is 42.2 Å². The Labute approximate surface area is 118 Å². The van der Waals surface area contributed by atoms with Gasteiger partial charge in [0.15, 0.2) is 5.78 Å². The third-order valence-corrected chi connectivity index (χ3v) is 5.48. The van der Waals surface area contributed by atoms with Crippen LogP contribution in [-0.4, -0.2) is 30.3 Å². The number of hydrogen-bond donors (Lipinski definition) is 0. The first kappa shape index (κ1) is 15.0. The van der Waals surface area contributed by atoms with Gasteiger partial charge in [-0.15, -0.1) is 0 Å². The minimum absolute atomic E-state index is 0.0705. The predicted octanol–water partition coefficient (Wildman–Crippen LogP) is 1.19. The van der Waals surface area contributed by atoms with Crippen LogP contribution in [0.5, 0.6) is 0 Å². The number of rotatable bonds is 5. The van der Waals surface area contributed by atoms with Gasteiger partial charge < -0.3 is 4.57 Å². The molecule has 1 aromatic rings. The normalized spacial score (nSPS) is 15.2. The van der Waals surface area contributed by atoms with Crippen LogP contribution in [0.2, 0.25) is 0 Å². The van der Waals surface area contributed by atoms with E-state index in [0.29, 0.717) is 31.4 Å². The van der Waals surface area contributed by atoms with Gasteiger partial charge in [0.05, 0.1) is 5.75 Å². The van der Waals surface area contributed by atoms with Crippen LogP contribution < -0.4 is 5.56 Å². The summed E-state index contributed by atoms with van der Waals surface area (Å²) in [6.45, 7) is 1.97. The van der Waals surface area contributed by atoms with E-state index < -0.39 is 9.84 Å². The Balaban J connectivity index is 2.22. The molecule has 20 heavy (non-hydrogen) atoms. The van der Waals surface area contributed by atoms with E-state index in [4.69, 9.17) is 0 Å². The topological polar surface area (TPSA) is 73.2 Å². The van der Waals surface area contributed by atoms with Gasteiger partial charge in [0.1, 0.15) is 9.84 Å². The SMILES string of the molecule is CCS(=O)(=O)CCCn1c2c(ccc1=O)C(=O)CCC2. The molecule has 0 unspecified atom stereocenters. The molecule has 2 rings (SSSR count). The van der Waals surface area contributed by atoms with Crippen LogP contribution >= 0.6 is 0 Å². The number of pyridine rings is 1. The largest absolute Gasteiger partial charge is 0.312 e. The molecule has 0 spiro atoms. The monoisotopic (exact) mass is 297 g/mol. The molecule has 1 aliphatic carbocycles. The Morgan fingerprint density at radius 2 is 1.95 bits per heavy atom. The van der Waals surface area contributed by atoms with Crippen molar-refractivity contribution in [2.45, 2.75) is 39.2 Å². The van der Waals surface area contributed by atoms with Crippen LogP contribution in [0.3, 0.4) is 0 Å². The molecule has 1 aliphatic rings. The summed E-state index contributed by atoms with van der Waals surface area (Å²) in [4.78, 5) is 23.7. The maximum atomic E-state index is 11.9. The lowest BCUT2D eigenvalue weighted by molar-refractivity contribution is 0.0970. The molecule has 1 heterocycles.